The molecule has 1 aliphatic carbocycles. The number of benzene rings is 1. The van der Waals surface area contributed by atoms with Crippen LogP contribution in [0.25, 0.3) is 11.0 Å². The first-order valence-electron chi connectivity index (χ1n) is 9.91. The van der Waals surface area contributed by atoms with E-state index in [1.54, 1.807) is 24.3 Å². The highest BCUT2D eigenvalue weighted by Crippen LogP contribution is 2.34. The van der Waals surface area contributed by atoms with Crippen LogP contribution in [-0.4, -0.2) is 39.5 Å². The molecule has 31 heavy (non-hydrogen) atoms. The highest BCUT2D eigenvalue weighted by Gasteiger charge is 2.27. The van der Waals surface area contributed by atoms with Gasteiger partial charge in [0.2, 0.25) is 5.91 Å². The zero-order chi connectivity index (χ0) is 22.0. The molecule has 4 rings (SSSR count). The lowest BCUT2D eigenvalue weighted by Crippen LogP contribution is -2.33. The van der Waals surface area contributed by atoms with Crippen LogP contribution in [0.1, 0.15) is 36.2 Å². The number of ether oxygens (including phenoxy) is 1. The minimum Gasteiger partial charge on any atom is -0.494 e. The maximum absolute atomic E-state index is 12.4. The molecule has 1 aliphatic rings. The maximum atomic E-state index is 12.4. The Bertz CT molecular complexity index is 1260. The van der Waals surface area contributed by atoms with Gasteiger partial charge in [-0.15, -0.1) is 0 Å². The van der Waals surface area contributed by atoms with Crippen molar-refractivity contribution in [2.45, 2.75) is 25.8 Å². The fourth-order valence-electron chi connectivity index (χ4n) is 3.20. The number of pyridine rings is 1. The van der Waals surface area contributed by atoms with Crippen molar-refractivity contribution >= 4 is 28.5 Å². The van der Waals surface area contributed by atoms with E-state index in [0.717, 1.165) is 12.8 Å². The summed E-state index contributed by atoms with van der Waals surface area (Å²) in [5.41, 5.74) is -0.170. The first-order valence-corrected chi connectivity index (χ1v) is 9.91. The van der Waals surface area contributed by atoms with Gasteiger partial charge in [-0.2, -0.15) is 0 Å². The summed E-state index contributed by atoms with van der Waals surface area (Å²) in [6.07, 6.45) is 2.97. The van der Waals surface area contributed by atoms with E-state index in [0.29, 0.717) is 18.0 Å². The molecule has 3 N–H and O–H groups in total. The minimum absolute atomic E-state index is 0.0188. The third-order valence-electron chi connectivity index (χ3n) is 4.81. The molecule has 1 saturated carbocycles. The number of carbonyl (C=O) groups excluding carboxylic acids is 2. The van der Waals surface area contributed by atoms with E-state index in [1.165, 1.54) is 16.8 Å². The van der Waals surface area contributed by atoms with Gasteiger partial charge in [0.25, 0.3) is 11.5 Å². The number of hydrogen-bond donors (Lipinski definition) is 3. The Morgan fingerprint density at radius 3 is 2.65 bits per heavy atom. The highest BCUT2D eigenvalue weighted by molar-refractivity contribution is 6.00. The Morgan fingerprint density at radius 1 is 1.23 bits per heavy atom. The summed E-state index contributed by atoms with van der Waals surface area (Å²) >= 11 is 0. The number of amides is 2. The van der Waals surface area contributed by atoms with Crippen molar-refractivity contribution in [1.82, 2.24) is 19.9 Å². The van der Waals surface area contributed by atoms with Crippen molar-refractivity contribution in [2.24, 2.45) is 0 Å². The third-order valence-corrected chi connectivity index (χ3v) is 4.81. The summed E-state index contributed by atoms with van der Waals surface area (Å²) in [6.45, 7) is 2.17. The van der Waals surface area contributed by atoms with E-state index >= 15 is 0 Å². The maximum Gasteiger partial charge on any atom is 0.330 e. The van der Waals surface area contributed by atoms with Crippen LogP contribution >= 0.6 is 0 Å². The van der Waals surface area contributed by atoms with Gasteiger partial charge in [0, 0.05) is 17.9 Å². The van der Waals surface area contributed by atoms with Crippen LogP contribution in [0.3, 0.4) is 0 Å². The van der Waals surface area contributed by atoms with E-state index in [1.807, 2.05) is 6.92 Å². The van der Waals surface area contributed by atoms with Crippen molar-refractivity contribution in [3.63, 3.8) is 0 Å². The average molecular weight is 423 g/mol. The van der Waals surface area contributed by atoms with Gasteiger partial charge in [-0.05, 0) is 50.1 Å². The quantitative estimate of drug-likeness (QED) is 0.522. The number of H-pyrrole nitrogens is 1. The Morgan fingerprint density at radius 2 is 1.97 bits per heavy atom. The van der Waals surface area contributed by atoms with Gasteiger partial charge in [-0.1, -0.05) is 0 Å². The summed E-state index contributed by atoms with van der Waals surface area (Å²) in [4.78, 5) is 55.3. The standard InChI is InChI=1S/C21H21N5O5/c1-2-31-15-7-3-13(4-8-15)24-17(27)11-23-19(28)12-9-16-18(22-10-12)26(14-5-6-14)21(30)25-20(16)29/h3-4,7-10,14H,2,5-6,11H2,1H3,(H,23,28)(H,24,27)(H,25,29,30). The summed E-state index contributed by atoms with van der Waals surface area (Å²) < 4.78 is 6.79. The monoisotopic (exact) mass is 423 g/mol. The van der Waals surface area contributed by atoms with Crippen molar-refractivity contribution in [1.29, 1.82) is 0 Å². The molecule has 160 valence electrons. The fraction of sp³-hybridized carbons (Fsp3) is 0.286. The lowest BCUT2D eigenvalue weighted by molar-refractivity contribution is -0.115. The molecule has 1 aromatic carbocycles. The summed E-state index contributed by atoms with van der Waals surface area (Å²) in [5.74, 6) is -0.272. The van der Waals surface area contributed by atoms with Crippen molar-refractivity contribution < 1.29 is 14.3 Å². The number of carbonyl (C=O) groups is 2. The number of fused-ring (bicyclic) bond motifs is 1. The van der Waals surface area contributed by atoms with Crippen LogP contribution in [0.15, 0.2) is 46.1 Å². The van der Waals surface area contributed by atoms with E-state index in [9.17, 15) is 19.2 Å². The predicted molar refractivity (Wildman–Crippen MR) is 113 cm³/mol. The van der Waals surface area contributed by atoms with Gasteiger partial charge in [-0.25, -0.2) is 9.78 Å². The van der Waals surface area contributed by atoms with Crippen LogP contribution in [0, 0.1) is 0 Å². The second kappa shape index (κ2) is 8.42. The molecule has 0 atom stereocenters. The predicted octanol–water partition coefficient (Wildman–Crippen LogP) is 1.19. The molecule has 10 heteroatoms. The van der Waals surface area contributed by atoms with E-state index in [4.69, 9.17) is 4.74 Å². The van der Waals surface area contributed by atoms with Crippen LogP contribution in [0.4, 0.5) is 5.69 Å². The lowest BCUT2D eigenvalue weighted by Gasteiger charge is -2.10. The zero-order valence-corrected chi connectivity index (χ0v) is 16.8. The molecular weight excluding hydrogens is 402 g/mol. The molecular formula is C21H21N5O5. The molecule has 2 amide bonds. The van der Waals surface area contributed by atoms with Crippen LogP contribution in [0.2, 0.25) is 0 Å². The normalized spacial score (nSPS) is 13.1. The summed E-state index contributed by atoms with van der Waals surface area (Å²) in [5, 5.41) is 5.32. The van der Waals surface area contributed by atoms with E-state index < -0.39 is 23.1 Å². The second-order valence-electron chi connectivity index (χ2n) is 7.14. The lowest BCUT2D eigenvalue weighted by atomic mass is 10.2. The fourth-order valence-corrected chi connectivity index (χ4v) is 3.20. The van der Waals surface area contributed by atoms with Gasteiger partial charge in [0.15, 0.2) is 0 Å². The van der Waals surface area contributed by atoms with E-state index in [-0.39, 0.29) is 29.2 Å². The molecule has 0 bridgehead atoms. The SMILES string of the molecule is CCOc1ccc(NC(=O)CNC(=O)c2cnc3c(c2)c(=O)[nH]c(=O)n3C2CC2)cc1. The number of rotatable bonds is 7. The molecule has 3 aromatic rings. The van der Waals surface area contributed by atoms with Gasteiger partial charge in [-0.3, -0.25) is 23.9 Å². The van der Waals surface area contributed by atoms with Gasteiger partial charge in [0.1, 0.15) is 11.4 Å². The average Bonchev–Trinajstić information content (AvgIpc) is 3.58. The Kier molecular flexibility index (Phi) is 5.52. The molecule has 0 unspecified atom stereocenters. The van der Waals surface area contributed by atoms with Crippen molar-refractivity contribution in [2.75, 3.05) is 18.5 Å². The molecule has 10 nitrogen and oxygen atoms in total. The van der Waals surface area contributed by atoms with Crippen LogP contribution in [-0.2, 0) is 4.79 Å². The molecule has 1 fully saturated rings. The molecule has 0 spiro atoms. The molecule has 0 aliphatic heterocycles. The Balaban J connectivity index is 1.43. The third kappa shape index (κ3) is 4.47. The number of aromatic amines is 1. The number of anilines is 1. The molecule has 2 aromatic heterocycles. The zero-order valence-electron chi connectivity index (χ0n) is 16.8. The number of nitrogens with one attached hydrogen (secondary N) is 3. The molecule has 2 heterocycles. The number of hydrogen-bond acceptors (Lipinski definition) is 6. The topological polar surface area (TPSA) is 135 Å². The summed E-state index contributed by atoms with van der Waals surface area (Å²) in [7, 11) is 0. The first kappa shape index (κ1) is 20.3. The Labute approximate surface area is 176 Å². The summed E-state index contributed by atoms with van der Waals surface area (Å²) in [6, 6.07) is 8.26. The van der Waals surface area contributed by atoms with E-state index in [2.05, 4.69) is 20.6 Å². The highest BCUT2D eigenvalue weighted by atomic mass is 16.5. The van der Waals surface area contributed by atoms with Gasteiger partial charge >= 0.3 is 5.69 Å². The first-order chi connectivity index (χ1) is 15.0. The molecule has 0 saturated heterocycles. The Hall–Kier alpha value is -3.95. The molecule has 0 radical (unpaired) electrons. The largest absolute Gasteiger partial charge is 0.494 e. The van der Waals surface area contributed by atoms with Crippen molar-refractivity contribution in [3.8, 4) is 5.75 Å². The van der Waals surface area contributed by atoms with Gasteiger partial charge in [0.05, 0.1) is 24.1 Å². The minimum atomic E-state index is -0.604. The van der Waals surface area contributed by atoms with Crippen LogP contribution < -0.4 is 26.6 Å². The smallest absolute Gasteiger partial charge is 0.330 e. The number of nitrogens with zero attached hydrogens (tertiary/aromatic N) is 2. The number of aromatic nitrogens is 3. The van der Waals surface area contributed by atoms with Crippen LogP contribution in [0.5, 0.6) is 5.75 Å². The van der Waals surface area contributed by atoms with Crippen molar-refractivity contribution in [3.05, 3.63) is 62.9 Å². The van der Waals surface area contributed by atoms with Gasteiger partial charge < -0.3 is 15.4 Å². The second-order valence-corrected chi connectivity index (χ2v) is 7.14.